The van der Waals surface area contributed by atoms with Gasteiger partial charge in [-0.15, -0.1) is 0 Å². The van der Waals surface area contributed by atoms with Gasteiger partial charge in [-0.2, -0.15) is 0 Å². The van der Waals surface area contributed by atoms with Crippen LogP contribution in [0, 0.1) is 0 Å². The van der Waals surface area contributed by atoms with E-state index < -0.39 is 18.1 Å². The van der Waals surface area contributed by atoms with Crippen molar-refractivity contribution in [2.24, 2.45) is 0 Å². The van der Waals surface area contributed by atoms with E-state index >= 15 is 0 Å². The molecule has 0 aromatic rings. The SMILES string of the molecule is CC(=O)CCC(NC(=S)NC(CCC(=O)O)C(C)=O)C(C)=O. The Morgan fingerprint density at radius 3 is 1.64 bits per heavy atom. The van der Waals surface area contributed by atoms with Gasteiger partial charge in [-0.05, 0) is 45.8 Å². The maximum Gasteiger partial charge on any atom is 0.303 e. The van der Waals surface area contributed by atoms with Crippen LogP contribution in [0.25, 0.3) is 0 Å². The monoisotopic (exact) mass is 330 g/mol. The van der Waals surface area contributed by atoms with Gasteiger partial charge < -0.3 is 20.5 Å². The van der Waals surface area contributed by atoms with Crippen LogP contribution in [0.1, 0.15) is 46.5 Å². The van der Waals surface area contributed by atoms with Gasteiger partial charge in [0, 0.05) is 12.8 Å². The zero-order valence-corrected chi connectivity index (χ0v) is 13.8. The van der Waals surface area contributed by atoms with E-state index in [1.54, 1.807) is 0 Å². The third-order valence-corrected chi connectivity index (χ3v) is 3.26. The van der Waals surface area contributed by atoms with E-state index in [0.29, 0.717) is 6.42 Å². The molecule has 0 aromatic carbocycles. The Morgan fingerprint density at radius 2 is 1.32 bits per heavy atom. The molecule has 3 N–H and O–H groups in total. The Morgan fingerprint density at radius 1 is 0.909 bits per heavy atom. The minimum absolute atomic E-state index is 0.0324. The molecule has 22 heavy (non-hydrogen) atoms. The smallest absolute Gasteiger partial charge is 0.303 e. The van der Waals surface area contributed by atoms with E-state index in [0.717, 1.165) is 0 Å². The van der Waals surface area contributed by atoms with Gasteiger partial charge in [-0.1, -0.05) is 0 Å². The Hall–Kier alpha value is -1.83. The molecular weight excluding hydrogens is 308 g/mol. The predicted octanol–water partition coefficient (Wildman–Crippen LogP) is 0.600. The van der Waals surface area contributed by atoms with Crippen LogP contribution in [0.3, 0.4) is 0 Å². The fourth-order valence-corrected chi connectivity index (χ4v) is 2.01. The number of aliphatic carboxylic acids is 1. The molecule has 0 spiro atoms. The van der Waals surface area contributed by atoms with E-state index in [-0.39, 0.29) is 41.7 Å². The molecule has 7 nitrogen and oxygen atoms in total. The summed E-state index contributed by atoms with van der Waals surface area (Å²) >= 11 is 5.05. The van der Waals surface area contributed by atoms with Gasteiger partial charge in [-0.3, -0.25) is 14.4 Å². The molecule has 2 unspecified atom stereocenters. The second-order valence-electron chi connectivity index (χ2n) is 5.12. The van der Waals surface area contributed by atoms with Crippen LogP contribution in [0.2, 0.25) is 0 Å². The summed E-state index contributed by atoms with van der Waals surface area (Å²) in [5.41, 5.74) is 0. The molecule has 0 saturated heterocycles. The summed E-state index contributed by atoms with van der Waals surface area (Å²) < 4.78 is 0. The van der Waals surface area contributed by atoms with Gasteiger partial charge in [0.1, 0.15) is 5.78 Å². The lowest BCUT2D eigenvalue weighted by molar-refractivity contribution is -0.137. The molecule has 0 bridgehead atoms. The second-order valence-corrected chi connectivity index (χ2v) is 5.53. The molecule has 0 radical (unpaired) electrons. The fraction of sp³-hybridized carbons (Fsp3) is 0.643. The fourth-order valence-electron chi connectivity index (χ4n) is 1.73. The van der Waals surface area contributed by atoms with E-state index in [2.05, 4.69) is 10.6 Å². The highest BCUT2D eigenvalue weighted by atomic mass is 32.1. The van der Waals surface area contributed by atoms with Crippen molar-refractivity contribution in [1.82, 2.24) is 10.6 Å². The first-order valence-corrected chi connectivity index (χ1v) is 7.33. The average molecular weight is 330 g/mol. The lowest BCUT2D eigenvalue weighted by Gasteiger charge is -2.21. The molecule has 0 heterocycles. The van der Waals surface area contributed by atoms with Crippen molar-refractivity contribution in [2.45, 2.75) is 58.5 Å². The quantitative estimate of drug-likeness (QED) is 0.499. The van der Waals surface area contributed by atoms with Crippen LogP contribution in [0.15, 0.2) is 0 Å². The van der Waals surface area contributed by atoms with Crippen molar-refractivity contribution < 1.29 is 24.3 Å². The van der Waals surface area contributed by atoms with Crippen molar-refractivity contribution in [3.8, 4) is 0 Å². The molecule has 0 rings (SSSR count). The predicted molar refractivity (Wildman–Crippen MR) is 84.6 cm³/mol. The zero-order chi connectivity index (χ0) is 17.3. The number of rotatable bonds is 10. The van der Waals surface area contributed by atoms with Crippen LogP contribution in [-0.4, -0.2) is 45.6 Å². The van der Waals surface area contributed by atoms with E-state index in [1.165, 1.54) is 20.8 Å². The summed E-state index contributed by atoms with van der Waals surface area (Å²) in [6.45, 7) is 4.15. The van der Waals surface area contributed by atoms with Crippen molar-refractivity contribution in [3.05, 3.63) is 0 Å². The summed E-state index contributed by atoms with van der Waals surface area (Å²) in [5, 5.41) is 14.2. The first-order chi connectivity index (χ1) is 10.1. The lowest BCUT2D eigenvalue weighted by Crippen LogP contribution is -2.50. The molecule has 2 atom stereocenters. The number of hydrogen-bond donors (Lipinski definition) is 3. The number of Topliss-reactive ketones (excluding diaryl/α,β-unsaturated/α-hetero) is 3. The van der Waals surface area contributed by atoms with Crippen molar-refractivity contribution in [2.75, 3.05) is 0 Å². The first kappa shape index (κ1) is 20.2. The number of thiocarbonyl (C=S) groups is 1. The number of carboxylic acid groups (broad SMARTS) is 1. The molecule has 0 aromatic heterocycles. The van der Waals surface area contributed by atoms with Crippen LogP contribution in [0.5, 0.6) is 0 Å². The average Bonchev–Trinajstić information content (AvgIpc) is 2.38. The molecule has 124 valence electrons. The molecule has 0 aliphatic rings. The maximum absolute atomic E-state index is 11.5. The van der Waals surface area contributed by atoms with Crippen LogP contribution >= 0.6 is 12.2 Å². The third kappa shape index (κ3) is 9.17. The van der Waals surface area contributed by atoms with Crippen molar-refractivity contribution in [3.63, 3.8) is 0 Å². The van der Waals surface area contributed by atoms with Gasteiger partial charge in [0.15, 0.2) is 16.7 Å². The highest BCUT2D eigenvalue weighted by molar-refractivity contribution is 7.80. The van der Waals surface area contributed by atoms with Gasteiger partial charge in [0.25, 0.3) is 0 Å². The molecule has 8 heteroatoms. The molecule has 0 aliphatic carbocycles. The summed E-state index contributed by atoms with van der Waals surface area (Å²) in [6, 6.07) is -1.34. The topological polar surface area (TPSA) is 113 Å². The van der Waals surface area contributed by atoms with Crippen LogP contribution < -0.4 is 10.6 Å². The van der Waals surface area contributed by atoms with Crippen molar-refractivity contribution in [1.29, 1.82) is 0 Å². The summed E-state index contributed by atoms with van der Waals surface area (Å²) in [4.78, 5) is 44.5. The van der Waals surface area contributed by atoms with E-state index in [1.807, 2.05) is 0 Å². The van der Waals surface area contributed by atoms with Crippen molar-refractivity contribution >= 4 is 40.6 Å². The first-order valence-electron chi connectivity index (χ1n) is 6.92. The molecular formula is C14H22N2O5S. The maximum atomic E-state index is 11.5. The lowest BCUT2D eigenvalue weighted by atomic mass is 10.1. The Bertz CT molecular complexity index is 424. The zero-order valence-electron chi connectivity index (χ0n) is 13.0. The normalized spacial score (nSPS) is 12.9. The van der Waals surface area contributed by atoms with Crippen LogP contribution in [0.4, 0.5) is 0 Å². The number of hydrogen-bond acceptors (Lipinski definition) is 5. The standard InChI is InChI=1S/C14H22N2O5S/c1-8(17)4-5-11(9(2)18)15-14(22)16-12(10(3)19)6-7-13(20)21/h11-12H,4-7H2,1-3H3,(H,20,21)(H2,15,16,22). The number of nitrogens with one attached hydrogen (secondary N) is 2. The number of carbonyl (C=O) groups is 4. The highest BCUT2D eigenvalue weighted by Gasteiger charge is 2.20. The molecule has 0 fully saturated rings. The number of carboxylic acids is 1. The number of ketones is 3. The Balaban J connectivity index is 4.57. The highest BCUT2D eigenvalue weighted by Crippen LogP contribution is 2.02. The molecule has 0 amide bonds. The second kappa shape index (κ2) is 9.99. The van der Waals surface area contributed by atoms with Gasteiger partial charge in [-0.25, -0.2) is 0 Å². The third-order valence-electron chi connectivity index (χ3n) is 3.02. The van der Waals surface area contributed by atoms with Gasteiger partial charge in [0.2, 0.25) is 0 Å². The molecule has 0 aliphatic heterocycles. The van der Waals surface area contributed by atoms with Crippen LogP contribution in [-0.2, 0) is 19.2 Å². The Kier molecular flexibility index (Phi) is 9.16. The Labute approximate surface area is 134 Å². The van der Waals surface area contributed by atoms with Gasteiger partial charge in [0.05, 0.1) is 12.1 Å². The molecule has 0 saturated carbocycles. The largest absolute Gasteiger partial charge is 0.481 e. The van der Waals surface area contributed by atoms with Gasteiger partial charge >= 0.3 is 5.97 Å². The van der Waals surface area contributed by atoms with E-state index in [4.69, 9.17) is 17.3 Å². The number of carbonyl (C=O) groups excluding carboxylic acids is 3. The summed E-state index contributed by atoms with van der Waals surface area (Å²) in [6.07, 6.45) is 0.492. The minimum atomic E-state index is -1.00. The summed E-state index contributed by atoms with van der Waals surface area (Å²) in [5.74, 6) is -1.45. The summed E-state index contributed by atoms with van der Waals surface area (Å²) in [7, 11) is 0. The minimum Gasteiger partial charge on any atom is -0.481 e. The van der Waals surface area contributed by atoms with E-state index in [9.17, 15) is 19.2 Å².